The van der Waals surface area contributed by atoms with Crippen LogP contribution in [0.4, 0.5) is 0 Å². The second-order valence-electron chi connectivity index (χ2n) is 7.24. The number of rotatable bonds is 5. The van der Waals surface area contributed by atoms with Gasteiger partial charge in [0, 0.05) is 17.1 Å². The first-order chi connectivity index (χ1) is 12.4. The van der Waals surface area contributed by atoms with Gasteiger partial charge in [0.25, 0.3) is 0 Å². The van der Waals surface area contributed by atoms with E-state index in [9.17, 15) is 4.89 Å². The molecule has 2 aliphatic carbocycles. The van der Waals surface area contributed by atoms with Gasteiger partial charge in [0.1, 0.15) is 0 Å². The number of benzene rings is 1. The van der Waals surface area contributed by atoms with Crippen LogP contribution < -0.4 is 4.52 Å². The van der Waals surface area contributed by atoms with Crippen LogP contribution in [0.15, 0.2) is 12.1 Å². The molecule has 1 aromatic carbocycles. The van der Waals surface area contributed by atoms with Gasteiger partial charge in [-0.2, -0.15) is 0 Å². The highest BCUT2D eigenvalue weighted by atomic mass is 35.5. The van der Waals surface area contributed by atoms with E-state index in [0.717, 1.165) is 25.7 Å². The quantitative estimate of drug-likeness (QED) is 0.474. The van der Waals surface area contributed by atoms with Crippen LogP contribution in [0.1, 0.15) is 64.2 Å². The second-order valence-corrected chi connectivity index (χ2v) is 11.5. The van der Waals surface area contributed by atoms with Crippen LogP contribution in [0.3, 0.4) is 0 Å². The van der Waals surface area contributed by atoms with Crippen molar-refractivity contribution in [2.45, 2.75) is 76.3 Å². The molecule has 0 bridgehead atoms. The topological polar surface area (TPSA) is 32.7 Å². The van der Waals surface area contributed by atoms with Crippen molar-refractivity contribution in [2.75, 3.05) is 0 Å². The lowest BCUT2D eigenvalue weighted by Gasteiger charge is -2.44. The zero-order valence-corrected chi connectivity index (χ0v) is 18.7. The Morgan fingerprint density at radius 2 is 1.31 bits per heavy atom. The standard InChI is InChI=1S/C18H25Cl3NO2PS/c19-13-11-16(20)18(17(21)12-13)24-25(23,26)22(14-7-3-1-4-8-14)15-9-5-2-6-10-15/h11-12,14-15H,1-10H2,(H,23,26). The maximum atomic E-state index is 11.3. The van der Waals surface area contributed by atoms with Crippen molar-refractivity contribution in [3.8, 4) is 5.75 Å². The molecule has 0 amide bonds. The van der Waals surface area contributed by atoms with Gasteiger partial charge in [-0.05, 0) is 49.6 Å². The summed E-state index contributed by atoms with van der Waals surface area (Å²) in [5.74, 6) is 0.236. The van der Waals surface area contributed by atoms with Gasteiger partial charge in [-0.1, -0.05) is 73.3 Å². The monoisotopic (exact) mass is 455 g/mol. The maximum Gasteiger partial charge on any atom is 0.313 e. The van der Waals surface area contributed by atoms with Crippen LogP contribution >= 0.6 is 41.4 Å². The van der Waals surface area contributed by atoms with E-state index in [1.807, 2.05) is 0 Å². The van der Waals surface area contributed by atoms with Gasteiger partial charge < -0.3 is 9.42 Å². The summed E-state index contributed by atoms with van der Waals surface area (Å²) < 4.78 is 8.10. The third-order valence-electron chi connectivity index (χ3n) is 5.36. The minimum absolute atomic E-state index is 0.236. The predicted octanol–water partition coefficient (Wildman–Crippen LogP) is 7.21. The van der Waals surface area contributed by atoms with E-state index in [-0.39, 0.29) is 27.9 Å². The average Bonchev–Trinajstić information content (AvgIpc) is 2.60. The van der Waals surface area contributed by atoms with E-state index in [0.29, 0.717) is 5.02 Å². The van der Waals surface area contributed by atoms with Gasteiger partial charge >= 0.3 is 6.64 Å². The van der Waals surface area contributed by atoms with Crippen LogP contribution in [-0.2, 0) is 11.8 Å². The van der Waals surface area contributed by atoms with Crippen molar-refractivity contribution < 1.29 is 9.42 Å². The van der Waals surface area contributed by atoms with Crippen LogP contribution in [0.5, 0.6) is 5.75 Å². The van der Waals surface area contributed by atoms with Gasteiger partial charge in [0.05, 0.1) is 10.0 Å². The molecule has 0 heterocycles. The highest BCUT2D eigenvalue weighted by Crippen LogP contribution is 2.55. The zero-order chi connectivity index (χ0) is 18.7. The Balaban J connectivity index is 1.89. The molecule has 0 radical (unpaired) electrons. The summed E-state index contributed by atoms with van der Waals surface area (Å²) in [6, 6.07) is 3.66. The normalized spacial score (nSPS) is 22.3. The van der Waals surface area contributed by atoms with E-state index in [1.54, 1.807) is 12.1 Å². The molecule has 3 rings (SSSR count). The first-order valence-electron chi connectivity index (χ1n) is 9.34. The smallest absolute Gasteiger partial charge is 0.313 e. The van der Waals surface area contributed by atoms with Crippen molar-refractivity contribution in [1.29, 1.82) is 0 Å². The summed E-state index contributed by atoms with van der Waals surface area (Å²) >= 11 is 24.2. The minimum atomic E-state index is -3.28. The highest BCUT2D eigenvalue weighted by molar-refractivity contribution is 8.08. The molecule has 3 nitrogen and oxygen atoms in total. The summed E-state index contributed by atoms with van der Waals surface area (Å²) in [7, 11) is 0. The fourth-order valence-electron chi connectivity index (χ4n) is 4.18. The molecule has 0 spiro atoms. The first-order valence-corrected chi connectivity index (χ1v) is 13.1. The van der Waals surface area contributed by atoms with E-state index in [1.165, 1.54) is 38.5 Å². The molecule has 1 atom stereocenters. The van der Waals surface area contributed by atoms with Gasteiger partial charge in [0.2, 0.25) is 0 Å². The lowest BCUT2D eigenvalue weighted by atomic mass is 9.91. The average molecular weight is 457 g/mol. The summed E-state index contributed by atoms with van der Waals surface area (Å²) in [4.78, 5) is 11.3. The molecule has 2 saturated carbocycles. The number of hydrogen-bond acceptors (Lipinski definition) is 2. The summed E-state index contributed by atoms with van der Waals surface area (Å²) in [6.07, 6.45) is 11.4. The van der Waals surface area contributed by atoms with E-state index in [2.05, 4.69) is 4.67 Å². The van der Waals surface area contributed by atoms with Crippen LogP contribution in [0.25, 0.3) is 0 Å². The Kier molecular flexibility index (Phi) is 7.58. The van der Waals surface area contributed by atoms with Crippen molar-refractivity contribution in [1.82, 2.24) is 4.67 Å². The summed E-state index contributed by atoms with van der Waals surface area (Å²) in [5, 5.41) is 0.978. The maximum absolute atomic E-state index is 11.3. The van der Waals surface area contributed by atoms with Crippen LogP contribution in [-0.4, -0.2) is 21.6 Å². The molecule has 0 saturated heterocycles. The molecular formula is C18H25Cl3NO2PS. The van der Waals surface area contributed by atoms with E-state index < -0.39 is 6.64 Å². The Hall–Kier alpha value is 0.460. The van der Waals surface area contributed by atoms with Crippen LogP contribution in [0, 0.1) is 0 Å². The molecule has 2 aliphatic rings. The summed E-state index contributed by atoms with van der Waals surface area (Å²) in [5.41, 5.74) is 0. The van der Waals surface area contributed by atoms with Crippen molar-refractivity contribution in [3.63, 3.8) is 0 Å². The van der Waals surface area contributed by atoms with Crippen LogP contribution in [0.2, 0.25) is 15.1 Å². The second kappa shape index (κ2) is 9.31. The minimum Gasteiger partial charge on any atom is -0.429 e. The molecule has 1 N–H and O–H groups in total. The molecule has 146 valence electrons. The molecule has 0 aliphatic heterocycles. The zero-order valence-electron chi connectivity index (χ0n) is 14.7. The molecule has 26 heavy (non-hydrogen) atoms. The lowest BCUT2D eigenvalue weighted by Crippen LogP contribution is -2.43. The van der Waals surface area contributed by atoms with Gasteiger partial charge in [0.15, 0.2) is 5.75 Å². The first kappa shape index (κ1) is 21.2. The van der Waals surface area contributed by atoms with Gasteiger partial charge in [-0.3, -0.25) is 0 Å². The Bertz CT molecular complexity index is 637. The fraction of sp³-hybridized carbons (Fsp3) is 0.667. The highest BCUT2D eigenvalue weighted by Gasteiger charge is 2.39. The molecule has 1 aromatic rings. The molecular weight excluding hydrogens is 432 g/mol. The predicted molar refractivity (Wildman–Crippen MR) is 114 cm³/mol. The largest absolute Gasteiger partial charge is 0.429 e. The third kappa shape index (κ3) is 5.08. The Morgan fingerprint density at radius 3 is 1.73 bits per heavy atom. The number of hydrogen-bond donors (Lipinski definition) is 1. The molecule has 1 unspecified atom stereocenters. The van der Waals surface area contributed by atoms with E-state index >= 15 is 0 Å². The molecule has 8 heteroatoms. The number of nitrogens with zero attached hydrogens (tertiary/aromatic N) is 1. The van der Waals surface area contributed by atoms with Crippen molar-refractivity contribution >= 4 is 53.3 Å². The Morgan fingerprint density at radius 1 is 0.885 bits per heavy atom. The Labute approximate surface area is 176 Å². The van der Waals surface area contributed by atoms with E-state index in [4.69, 9.17) is 51.1 Å². The van der Waals surface area contributed by atoms with Crippen molar-refractivity contribution in [3.05, 3.63) is 27.2 Å². The fourth-order valence-corrected chi connectivity index (χ4v) is 8.03. The van der Waals surface area contributed by atoms with Crippen molar-refractivity contribution in [2.24, 2.45) is 0 Å². The molecule has 2 fully saturated rings. The summed E-state index contributed by atoms with van der Waals surface area (Å²) in [6.45, 7) is -3.28. The third-order valence-corrected chi connectivity index (χ3v) is 8.59. The lowest BCUT2D eigenvalue weighted by molar-refractivity contribution is 0.150. The molecule has 0 aromatic heterocycles. The number of halogens is 3. The SMILES string of the molecule is OP(=S)(Oc1c(Cl)cc(Cl)cc1Cl)N(C1CCCCC1)C1CCCCC1. The van der Waals surface area contributed by atoms with Gasteiger partial charge in [-0.25, -0.2) is 4.67 Å². The van der Waals surface area contributed by atoms with Gasteiger partial charge in [-0.15, -0.1) is 0 Å².